The monoisotopic (exact) mass is 249 g/mol. The normalized spacial score (nSPS) is 11.3. The number of halogens is 2. The van der Waals surface area contributed by atoms with Crippen LogP contribution in [0.4, 0.5) is 14.6 Å². The first-order chi connectivity index (χ1) is 8.59. The Morgan fingerprint density at radius 3 is 2.83 bits per heavy atom. The summed E-state index contributed by atoms with van der Waals surface area (Å²) >= 11 is 0. The van der Waals surface area contributed by atoms with Crippen molar-refractivity contribution in [1.29, 1.82) is 0 Å². The third-order valence-corrected chi connectivity index (χ3v) is 2.90. The number of anilines is 1. The Kier molecular flexibility index (Phi) is 2.13. The summed E-state index contributed by atoms with van der Waals surface area (Å²) in [5, 5.41) is 4.09. The maximum atomic E-state index is 14.2. The molecule has 0 aliphatic heterocycles. The van der Waals surface area contributed by atoms with Gasteiger partial charge in [-0.15, -0.1) is 0 Å². The van der Waals surface area contributed by atoms with E-state index in [4.69, 9.17) is 10.2 Å². The van der Waals surface area contributed by atoms with E-state index in [1.165, 1.54) is 23.2 Å². The van der Waals surface area contributed by atoms with Crippen molar-refractivity contribution < 1.29 is 13.2 Å². The summed E-state index contributed by atoms with van der Waals surface area (Å²) in [5.41, 5.74) is 5.95. The number of fused-ring (bicyclic) bond motifs is 1. The minimum atomic E-state index is -0.727. The van der Waals surface area contributed by atoms with Crippen LogP contribution >= 0.6 is 0 Å². The fourth-order valence-corrected chi connectivity index (χ4v) is 1.93. The van der Waals surface area contributed by atoms with Gasteiger partial charge in [-0.2, -0.15) is 5.10 Å². The standard InChI is InChI=1S/C12H9F2N3O/c1-17-12(15)7(5-16-17)10-8(13)4-9-6(11(10)14)2-3-18-9/h2-5H,15H2,1H3. The molecule has 1 aromatic carbocycles. The SMILES string of the molecule is Cn1ncc(-c2c(F)cc3occc3c2F)c1N. The fraction of sp³-hybridized carbons (Fsp3) is 0.0833. The minimum Gasteiger partial charge on any atom is -0.464 e. The van der Waals surface area contributed by atoms with Gasteiger partial charge in [0.2, 0.25) is 0 Å². The third kappa shape index (κ3) is 1.32. The zero-order chi connectivity index (χ0) is 12.9. The summed E-state index contributed by atoms with van der Waals surface area (Å²) in [6, 6.07) is 2.58. The zero-order valence-electron chi connectivity index (χ0n) is 9.45. The first-order valence-electron chi connectivity index (χ1n) is 5.22. The highest BCUT2D eigenvalue weighted by Gasteiger charge is 2.20. The molecular formula is C12H9F2N3O. The molecule has 0 radical (unpaired) electrons. The molecule has 0 amide bonds. The van der Waals surface area contributed by atoms with Gasteiger partial charge in [-0.25, -0.2) is 8.78 Å². The second kappa shape index (κ2) is 3.56. The topological polar surface area (TPSA) is 57.0 Å². The van der Waals surface area contributed by atoms with Gasteiger partial charge in [-0.3, -0.25) is 4.68 Å². The van der Waals surface area contributed by atoms with Crippen LogP contribution in [0.2, 0.25) is 0 Å². The predicted molar refractivity (Wildman–Crippen MR) is 62.7 cm³/mol. The molecule has 2 aromatic heterocycles. The number of nitrogens with two attached hydrogens (primary N) is 1. The van der Waals surface area contributed by atoms with Crippen molar-refractivity contribution in [2.24, 2.45) is 7.05 Å². The highest BCUT2D eigenvalue weighted by molar-refractivity contribution is 5.87. The molecule has 3 aromatic rings. The zero-order valence-corrected chi connectivity index (χ0v) is 9.45. The van der Waals surface area contributed by atoms with Crippen LogP contribution in [-0.2, 0) is 7.05 Å². The molecule has 0 unspecified atom stereocenters. The molecule has 0 fully saturated rings. The van der Waals surface area contributed by atoms with Crippen LogP contribution in [0.15, 0.2) is 29.0 Å². The Balaban J connectivity index is 2.38. The summed E-state index contributed by atoms with van der Waals surface area (Å²) in [6.45, 7) is 0. The molecule has 0 aliphatic carbocycles. The van der Waals surface area contributed by atoms with E-state index in [0.29, 0.717) is 0 Å². The summed E-state index contributed by atoms with van der Waals surface area (Å²) < 4.78 is 34.5. The maximum Gasteiger partial charge on any atom is 0.145 e. The Labute approximate surface area is 101 Å². The average molecular weight is 249 g/mol. The second-order valence-electron chi connectivity index (χ2n) is 3.95. The first kappa shape index (κ1) is 10.8. The molecule has 0 atom stereocenters. The van der Waals surface area contributed by atoms with Crippen molar-refractivity contribution in [2.75, 3.05) is 5.73 Å². The van der Waals surface area contributed by atoms with E-state index < -0.39 is 11.6 Å². The van der Waals surface area contributed by atoms with E-state index in [0.717, 1.165) is 6.07 Å². The molecule has 3 rings (SSSR count). The molecule has 0 aliphatic rings. The lowest BCUT2D eigenvalue weighted by Crippen LogP contribution is -1.99. The van der Waals surface area contributed by atoms with Gasteiger partial charge in [0.1, 0.15) is 23.0 Å². The van der Waals surface area contributed by atoms with Crippen LogP contribution in [0.1, 0.15) is 0 Å². The Bertz CT molecular complexity index is 745. The number of nitrogen functional groups attached to an aromatic ring is 1. The van der Waals surface area contributed by atoms with Crippen LogP contribution in [-0.4, -0.2) is 9.78 Å². The van der Waals surface area contributed by atoms with Crippen molar-refractivity contribution in [3.05, 3.63) is 36.2 Å². The number of hydrogen-bond acceptors (Lipinski definition) is 3. The molecule has 2 N–H and O–H groups in total. The molecule has 0 bridgehead atoms. The lowest BCUT2D eigenvalue weighted by Gasteiger charge is -2.05. The lowest BCUT2D eigenvalue weighted by molar-refractivity contribution is 0.581. The lowest BCUT2D eigenvalue weighted by atomic mass is 10.0. The van der Waals surface area contributed by atoms with E-state index >= 15 is 0 Å². The highest BCUT2D eigenvalue weighted by atomic mass is 19.1. The number of furan rings is 1. The van der Waals surface area contributed by atoms with Crippen LogP contribution < -0.4 is 5.73 Å². The van der Waals surface area contributed by atoms with Crippen molar-refractivity contribution in [2.45, 2.75) is 0 Å². The predicted octanol–water partition coefficient (Wildman–Crippen LogP) is 2.69. The average Bonchev–Trinajstić information content (AvgIpc) is 2.90. The Hall–Kier alpha value is -2.37. The maximum absolute atomic E-state index is 14.2. The number of hydrogen-bond donors (Lipinski definition) is 1. The smallest absolute Gasteiger partial charge is 0.145 e. The molecule has 0 saturated heterocycles. The summed E-state index contributed by atoms with van der Waals surface area (Å²) in [5.74, 6) is -1.22. The summed E-state index contributed by atoms with van der Waals surface area (Å²) in [4.78, 5) is 0. The number of aromatic nitrogens is 2. The molecule has 18 heavy (non-hydrogen) atoms. The largest absolute Gasteiger partial charge is 0.464 e. The molecule has 92 valence electrons. The number of aryl methyl sites for hydroxylation is 1. The van der Waals surface area contributed by atoms with Gasteiger partial charge in [-0.05, 0) is 6.07 Å². The number of benzene rings is 1. The van der Waals surface area contributed by atoms with Gasteiger partial charge in [0.05, 0.1) is 23.4 Å². The highest BCUT2D eigenvalue weighted by Crippen LogP contribution is 2.34. The van der Waals surface area contributed by atoms with E-state index in [9.17, 15) is 8.78 Å². The Morgan fingerprint density at radius 1 is 1.39 bits per heavy atom. The van der Waals surface area contributed by atoms with E-state index in [-0.39, 0.29) is 27.9 Å². The van der Waals surface area contributed by atoms with E-state index in [1.807, 2.05) is 0 Å². The molecule has 6 heteroatoms. The van der Waals surface area contributed by atoms with Crippen molar-refractivity contribution in [1.82, 2.24) is 9.78 Å². The summed E-state index contributed by atoms with van der Waals surface area (Å²) in [7, 11) is 1.60. The first-order valence-corrected chi connectivity index (χ1v) is 5.22. The van der Waals surface area contributed by atoms with Crippen molar-refractivity contribution in [3.63, 3.8) is 0 Å². The molecule has 2 heterocycles. The Morgan fingerprint density at radius 2 is 2.17 bits per heavy atom. The van der Waals surface area contributed by atoms with Gasteiger partial charge < -0.3 is 10.2 Å². The van der Waals surface area contributed by atoms with Gasteiger partial charge in [0, 0.05) is 18.7 Å². The molecule has 4 nitrogen and oxygen atoms in total. The fourth-order valence-electron chi connectivity index (χ4n) is 1.93. The van der Waals surface area contributed by atoms with Crippen LogP contribution in [0.5, 0.6) is 0 Å². The van der Waals surface area contributed by atoms with Gasteiger partial charge in [0.15, 0.2) is 0 Å². The minimum absolute atomic E-state index is 0.163. The molecule has 0 saturated carbocycles. The number of nitrogens with zero attached hydrogens (tertiary/aromatic N) is 2. The molecular weight excluding hydrogens is 240 g/mol. The van der Waals surface area contributed by atoms with Gasteiger partial charge in [0.25, 0.3) is 0 Å². The van der Waals surface area contributed by atoms with Crippen LogP contribution in [0.3, 0.4) is 0 Å². The molecule has 0 spiro atoms. The third-order valence-electron chi connectivity index (χ3n) is 2.90. The second-order valence-corrected chi connectivity index (χ2v) is 3.95. The van der Waals surface area contributed by atoms with Crippen molar-refractivity contribution >= 4 is 16.8 Å². The van der Waals surface area contributed by atoms with E-state index in [2.05, 4.69) is 5.10 Å². The van der Waals surface area contributed by atoms with Crippen molar-refractivity contribution in [3.8, 4) is 11.1 Å². The van der Waals surface area contributed by atoms with Crippen LogP contribution in [0, 0.1) is 11.6 Å². The van der Waals surface area contributed by atoms with Crippen LogP contribution in [0.25, 0.3) is 22.1 Å². The summed E-state index contributed by atoms with van der Waals surface area (Å²) in [6.07, 6.45) is 2.65. The quantitative estimate of drug-likeness (QED) is 0.721. The van der Waals surface area contributed by atoms with Gasteiger partial charge >= 0.3 is 0 Å². The van der Waals surface area contributed by atoms with Gasteiger partial charge in [-0.1, -0.05) is 0 Å². The number of rotatable bonds is 1. The van der Waals surface area contributed by atoms with E-state index in [1.54, 1.807) is 7.05 Å².